The van der Waals surface area contributed by atoms with E-state index in [1.165, 1.54) is 0 Å². The van der Waals surface area contributed by atoms with Crippen molar-refractivity contribution in [2.45, 2.75) is 39.3 Å². The van der Waals surface area contributed by atoms with Crippen molar-refractivity contribution in [1.82, 2.24) is 10.6 Å². The Bertz CT molecular complexity index is 460. The number of hydrogen-bond donors (Lipinski definition) is 3. The fraction of sp³-hybridized carbons (Fsp3) is 0.500. The molecule has 2 amide bonds. The van der Waals surface area contributed by atoms with E-state index in [4.69, 9.17) is 5.11 Å². The summed E-state index contributed by atoms with van der Waals surface area (Å²) in [6.45, 7) is 5.32. The monoisotopic (exact) mass is 292 g/mol. The predicted molar refractivity (Wildman–Crippen MR) is 81.6 cm³/mol. The van der Waals surface area contributed by atoms with E-state index < -0.39 is 6.04 Å². The van der Waals surface area contributed by atoms with Crippen molar-refractivity contribution in [1.29, 1.82) is 0 Å². The van der Waals surface area contributed by atoms with Gasteiger partial charge in [-0.2, -0.15) is 0 Å². The van der Waals surface area contributed by atoms with Crippen LogP contribution in [-0.2, 0) is 16.0 Å². The Hall–Kier alpha value is -1.88. The molecule has 1 rings (SSSR count). The zero-order valence-corrected chi connectivity index (χ0v) is 12.8. The van der Waals surface area contributed by atoms with Crippen LogP contribution in [0, 0.1) is 5.92 Å². The van der Waals surface area contributed by atoms with Crippen molar-refractivity contribution in [3.05, 3.63) is 35.9 Å². The lowest BCUT2D eigenvalue weighted by Crippen LogP contribution is -2.52. The summed E-state index contributed by atoms with van der Waals surface area (Å²) in [6.07, 6.45) is 0.243. The summed E-state index contributed by atoms with van der Waals surface area (Å²) in [5.74, 6) is -0.490. The highest BCUT2D eigenvalue weighted by molar-refractivity contribution is 5.88. The second kappa shape index (κ2) is 8.42. The minimum Gasteiger partial charge on any atom is -0.394 e. The van der Waals surface area contributed by atoms with Gasteiger partial charge < -0.3 is 15.7 Å². The van der Waals surface area contributed by atoms with Crippen LogP contribution in [0.3, 0.4) is 0 Å². The van der Waals surface area contributed by atoms with Crippen LogP contribution in [0.15, 0.2) is 30.3 Å². The van der Waals surface area contributed by atoms with E-state index in [9.17, 15) is 9.59 Å². The second-order valence-corrected chi connectivity index (χ2v) is 5.54. The highest BCUT2D eigenvalue weighted by atomic mass is 16.3. The Labute approximate surface area is 125 Å². The number of amides is 2. The van der Waals surface area contributed by atoms with E-state index in [-0.39, 0.29) is 36.8 Å². The van der Waals surface area contributed by atoms with E-state index in [0.29, 0.717) is 0 Å². The number of benzene rings is 1. The van der Waals surface area contributed by atoms with Gasteiger partial charge in [-0.3, -0.25) is 9.59 Å². The van der Waals surface area contributed by atoms with E-state index in [1.807, 2.05) is 44.2 Å². The summed E-state index contributed by atoms with van der Waals surface area (Å²) in [6, 6.07) is 8.45. The lowest BCUT2D eigenvalue weighted by Gasteiger charge is -2.23. The maximum absolute atomic E-state index is 12.1. The first-order chi connectivity index (χ1) is 9.93. The molecule has 0 heterocycles. The number of aliphatic hydroxyl groups is 1. The number of carbonyl (C=O) groups is 2. The second-order valence-electron chi connectivity index (χ2n) is 5.54. The van der Waals surface area contributed by atoms with Crippen molar-refractivity contribution in [2.75, 3.05) is 6.61 Å². The molecule has 3 N–H and O–H groups in total. The number of rotatable bonds is 7. The van der Waals surface area contributed by atoms with Crippen molar-refractivity contribution in [3.8, 4) is 0 Å². The third kappa shape index (κ3) is 5.95. The van der Waals surface area contributed by atoms with Crippen LogP contribution in [0.5, 0.6) is 0 Å². The number of hydrogen-bond acceptors (Lipinski definition) is 3. The predicted octanol–water partition coefficient (Wildman–Crippen LogP) is 0.867. The molecule has 2 unspecified atom stereocenters. The average Bonchev–Trinajstić information content (AvgIpc) is 2.45. The Kier molecular flexibility index (Phi) is 6.88. The molecule has 1 aromatic rings. The van der Waals surface area contributed by atoms with Crippen molar-refractivity contribution < 1.29 is 14.7 Å². The molecule has 0 spiro atoms. The first-order valence-corrected chi connectivity index (χ1v) is 7.18. The van der Waals surface area contributed by atoms with Crippen LogP contribution < -0.4 is 10.6 Å². The van der Waals surface area contributed by atoms with Crippen LogP contribution in [0.25, 0.3) is 0 Å². The molecular weight excluding hydrogens is 268 g/mol. The van der Waals surface area contributed by atoms with Crippen LogP contribution in [0.4, 0.5) is 0 Å². The molecule has 0 fully saturated rings. The highest BCUT2D eigenvalue weighted by Crippen LogP contribution is 2.05. The molecule has 116 valence electrons. The van der Waals surface area contributed by atoms with E-state index in [1.54, 1.807) is 6.92 Å². The van der Waals surface area contributed by atoms with Gasteiger partial charge in [0.2, 0.25) is 11.8 Å². The highest BCUT2D eigenvalue weighted by Gasteiger charge is 2.24. The molecule has 5 nitrogen and oxygen atoms in total. The summed E-state index contributed by atoms with van der Waals surface area (Å²) in [7, 11) is 0. The summed E-state index contributed by atoms with van der Waals surface area (Å²) >= 11 is 0. The van der Waals surface area contributed by atoms with E-state index >= 15 is 0 Å². The molecule has 1 aromatic carbocycles. The van der Waals surface area contributed by atoms with Crippen molar-refractivity contribution in [2.24, 2.45) is 5.92 Å². The van der Waals surface area contributed by atoms with Gasteiger partial charge in [0.05, 0.1) is 13.0 Å². The summed E-state index contributed by atoms with van der Waals surface area (Å²) < 4.78 is 0. The fourth-order valence-corrected chi connectivity index (χ4v) is 1.92. The fourth-order valence-electron chi connectivity index (χ4n) is 1.92. The van der Waals surface area contributed by atoms with Gasteiger partial charge in [-0.05, 0) is 18.4 Å². The zero-order valence-electron chi connectivity index (χ0n) is 12.8. The van der Waals surface area contributed by atoms with Crippen LogP contribution in [0.2, 0.25) is 0 Å². The number of aliphatic hydroxyl groups excluding tert-OH is 1. The Morgan fingerprint density at radius 1 is 1.10 bits per heavy atom. The number of carbonyl (C=O) groups excluding carboxylic acids is 2. The zero-order chi connectivity index (χ0) is 15.8. The van der Waals surface area contributed by atoms with Crippen LogP contribution >= 0.6 is 0 Å². The smallest absolute Gasteiger partial charge is 0.243 e. The van der Waals surface area contributed by atoms with Crippen molar-refractivity contribution >= 4 is 11.8 Å². The molecular formula is C16H24N2O3. The standard InChI is InChI=1S/C16H24N2O3/c1-11(2)15(16(21)17-12(3)10-19)18-14(20)9-13-7-5-4-6-8-13/h4-8,11-12,15,19H,9-10H2,1-3H3,(H,17,21)(H,18,20). The maximum Gasteiger partial charge on any atom is 0.243 e. The topological polar surface area (TPSA) is 78.4 Å². The lowest BCUT2D eigenvalue weighted by atomic mass is 10.0. The molecule has 0 aliphatic carbocycles. The lowest BCUT2D eigenvalue weighted by molar-refractivity contribution is -0.130. The minimum absolute atomic E-state index is 0.0318. The van der Waals surface area contributed by atoms with Crippen LogP contribution in [0.1, 0.15) is 26.3 Å². The average molecular weight is 292 g/mol. The molecule has 0 bridgehead atoms. The maximum atomic E-state index is 12.1. The summed E-state index contributed by atoms with van der Waals surface area (Å²) in [4.78, 5) is 24.2. The quantitative estimate of drug-likeness (QED) is 0.697. The van der Waals surface area contributed by atoms with Gasteiger partial charge in [0.1, 0.15) is 6.04 Å². The van der Waals surface area contributed by atoms with E-state index in [0.717, 1.165) is 5.56 Å². The summed E-state index contributed by atoms with van der Waals surface area (Å²) in [5.41, 5.74) is 0.904. The van der Waals surface area contributed by atoms with Gasteiger partial charge in [0, 0.05) is 6.04 Å². The molecule has 0 aliphatic rings. The largest absolute Gasteiger partial charge is 0.394 e. The van der Waals surface area contributed by atoms with Gasteiger partial charge in [-0.1, -0.05) is 44.2 Å². The Morgan fingerprint density at radius 2 is 1.71 bits per heavy atom. The minimum atomic E-state index is -0.602. The van der Waals surface area contributed by atoms with Gasteiger partial charge in [-0.25, -0.2) is 0 Å². The molecule has 0 aliphatic heterocycles. The van der Waals surface area contributed by atoms with E-state index in [2.05, 4.69) is 10.6 Å². The normalized spacial score (nSPS) is 13.6. The van der Waals surface area contributed by atoms with Crippen LogP contribution in [-0.4, -0.2) is 35.6 Å². The van der Waals surface area contributed by atoms with Crippen molar-refractivity contribution in [3.63, 3.8) is 0 Å². The molecule has 0 aromatic heterocycles. The first-order valence-electron chi connectivity index (χ1n) is 7.18. The third-order valence-corrected chi connectivity index (χ3v) is 3.14. The molecule has 0 saturated carbocycles. The first kappa shape index (κ1) is 17.2. The van der Waals surface area contributed by atoms with Gasteiger partial charge >= 0.3 is 0 Å². The molecule has 2 atom stereocenters. The molecule has 21 heavy (non-hydrogen) atoms. The molecule has 5 heteroatoms. The molecule has 0 saturated heterocycles. The molecule has 0 radical (unpaired) electrons. The number of nitrogens with one attached hydrogen (secondary N) is 2. The van der Waals surface area contributed by atoms with Gasteiger partial charge in [0.25, 0.3) is 0 Å². The Morgan fingerprint density at radius 3 is 2.24 bits per heavy atom. The SMILES string of the molecule is CC(CO)NC(=O)C(NC(=O)Cc1ccccc1)C(C)C. The van der Waals surface area contributed by atoms with Gasteiger partial charge in [-0.15, -0.1) is 0 Å². The van der Waals surface area contributed by atoms with Gasteiger partial charge in [0.15, 0.2) is 0 Å². The Balaban J connectivity index is 2.61. The third-order valence-electron chi connectivity index (χ3n) is 3.14. The summed E-state index contributed by atoms with van der Waals surface area (Å²) in [5, 5.41) is 14.4.